The fraction of sp³-hybridized carbons (Fsp3) is 0.129. The smallest absolute Gasteiger partial charge is 0.151 e. The van der Waals surface area contributed by atoms with Crippen LogP contribution in [0.5, 0.6) is 0 Å². The normalized spacial score (nSPS) is 11.6. The molecule has 0 amide bonds. The van der Waals surface area contributed by atoms with Crippen LogP contribution in [0.4, 0.5) is 22.7 Å². The molecular weight excluding hydrogens is 430 g/mol. The largest absolute Gasteiger partial charge is 0.455 e. The van der Waals surface area contributed by atoms with Crippen molar-refractivity contribution in [1.29, 1.82) is 0 Å². The third-order valence-corrected chi connectivity index (χ3v) is 6.13. The molecule has 0 atom stereocenters. The van der Waals surface area contributed by atoms with E-state index in [2.05, 4.69) is 85.5 Å². The highest BCUT2D eigenvalue weighted by Gasteiger charge is 2.15. The highest BCUT2D eigenvalue weighted by molar-refractivity contribution is 6.00. The number of hydrogen-bond donors (Lipinski definition) is 0. The number of para-hydroxylation sites is 1. The van der Waals surface area contributed by atoms with Crippen molar-refractivity contribution in [2.75, 3.05) is 17.0 Å². The van der Waals surface area contributed by atoms with E-state index in [-0.39, 0.29) is 0 Å². The second-order valence-electron chi connectivity index (χ2n) is 8.88. The van der Waals surface area contributed by atoms with Gasteiger partial charge in [-0.25, -0.2) is 0 Å². The Labute approximate surface area is 206 Å². The summed E-state index contributed by atoms with van der Waals surface area (Å²) >= 11 is 0. The molecule has 0 bridgehead atoms. The Morgan fingerprint density at radius 3 is 1.83 bits per heavy atom. The number of furan rings is 1. The molecule has 0 spiro atoms. The lowest BCUT2D eigenvalue weighted by atomic mass is 10.1. The van der Waals surface area contributed by atoms with E-state index in [4.69, 9.17) is 9.52 Å². The molecule has 0 N–H and O–H groups in total. The van der Waals surface area contributed by atoms with E-state index < -0.39 is 0 Å². The summed E-state index contributed by atoms with van der Waals surface area (Å²) in [5.41, 5.74) is 8.47. The van der Waals surface area contributed by atoms with Crippen LogP contribution in [-0.2, 0) is 0 Å². The molecule has 0 fully saturated rings. The van der Waals surface area contributed by atoms with E-state index in [1.54, 1.807) is 0 Å². The molecule has 4 aromatic carbocycles. The Morgan fingerprint density at radius 1 is 0.657 bits per heavy atom. The van der Waals surface area contributed by atoms with Crippen LogP contribution in [0, 0.1) is 13.8 Å². The summed E-state index contributed by atoms with van der Waals surface area (Å²) in [5.74, 6) is 0.761. The Hall–Kier alpha value is -4.31. The molecule has 4 nitrogen and oxygen atoms in total. The summed E-state index contributed by atoms with van der Waals surface area (Å²) in [6, 6.07) is 35.7. The molecule has 1 aromatic heterocycles. The van der Waals surface area contributed by atoms with Gasteiger partial charge in [-0.05, 0) is 81.4 Å². The van der Waals surface area contributed by atoms with Crippen molar-refractivity contribution in [3.8, 4) is 0 Å². The van der Waals surface area contributed by atoms with Crippen LogP contribution in [0.15, 0.2) is 113 Å². The first kappa shape index (κ1) is 22.5. The Bertz CT molecular complexity index is 1420. The van der Waals surface area contributed by atoms with Crippen molar-refractivity contribution in [3.63, 3.8) is 0 Å². The van der Waals surface area contributed by atoms with Crippen molar-refractivity contribution < 1.29 is 4.42 Å². The van der Waals surface area contributed by atoms with Crippen LogP contribution in [0.1, 0.15) is 23.8 Å². The topological polar surface area (TPSA) is 32.0 Å². The molecule has 0 saturated heterocycles. The monoisotopic (exact) mass is 459 g/mol. The number of nitrogens with zero attached hydrogens (tertiary/aromatic N) is 3. The minimum absolute atomic E-state index is 0.761. The number of rotatable bonds is 6. The number of hydrogen-bond acceptors (Lipinski definition) is 4. The summed E-state index contributed by atoms with van der Waals surface area (Å²) < 4.78 is 6.17. The molecule has 0 aliphatic heterocycles. The van der Waals surface area contributed by atoms with Crippen LogP contribution in [0.25, 0.3) is 11.0 Å². The lowest BCUT2D eigenvalue weighted by Gasteiger charge is -2.25. The molecule has 0 unspecified atom stereocenters. The van der Waals surface area contributed by atoms with E-state index in [0.29, 0.717) is 0 Å². The van der Waals surface area contributed by atoms with Crippen molar-refractivity contribution >= 4 is 39.4 Å². The highest BCUT2D eigenvalue weighted by Crippen LogP contribution is 2.36. The van der Waals surface area contributed by atoms with Crippen molar-refractivity contribution in [2.45, 2.75) is 20.8 Å². The van der Waals surface area contributed by atoms with Crippen LogP contribution in [-0.4, -0.2) is 12.8 Å². The number of anilines is 4. The fourth-order valence-electron chi connectivity index (χ4n) is 4.16. The zero-order valence-electron chi connectivity index (χ0n) is 20.6. The Morgan fingerprint density at radius 2 is 1.23 bits per heavy atom. The third-order valence-electron chi connectivity index (χ3n) is 6.13. The number of fused-ring (bicyclic) bond motifs is 1. The van der Waals surface area contributed by atoms with Gasteiger partial charge in [0.1, 0.15) is 11.3 Å². The second kappa shape index (κ2) is 9.51. The molecule has 35 heavy (non-hydrogen) atoms. The van der Waals surface area contributed by atoms with Crippen molar-refractivity contribution in [1.82, 2.24) is 0 Å². The molecular formula is C31H29N3O. The highest BCUT2D eigenvalue weighted by atomic mass is 16.3. The maximum absolute atomic E-state index is 6.17. The molecule has 4 heteroatoms. The molecule has 0 aliphatic rings. The van der Waals surface area contributed by atoms with E-state index >= 15 is 0 Å². The van der Waals surface area contributed by atoms with Gasteiger partial charge in [-0.1, -0.05) is 53.6 Å². The first-order valence-electron chi connectivity index (χ1n) is 11.8. The molecule has 0 saturated carbocycles. The molecule has 0 radical (unpaired) electrons. The van der Waals surface area contributed by atoms with Crippen LogP contribution < -0.4 is 9.91 Å². The second-order valence-corrected chi connectivity index (χ2v) is 8.88. The summed E-state index contributed by atoms with van der Waals surface area (Å²) in [4.78, 5) is 2.27. The molecule has 174 valence electrons. The van der Waals surface area contributed by atoms with Crippen LogP contribution in [0.2, 0.25) is 0 Å². The minimum atomic E-state index is 0.761. The summed E-state index contributed by atoms with van der Waals surface area (Å²) in [6.45, 7) is 6.19. The van der Waals surface area contributed by atoms with Gasteiger partial charge in [0, 0.05) is 29.5 Å². The van der Waals surface area contributed by atoms with Crippen LogP contribution >= 0.6 is 0 Å². The predicted octanol–water partition coefficient (Wildman–Crippen LogP) is 8.38. The zero-order valence-corrected chi connectivity index (χ0v) is 20.6. The molecule has 5 aromatic rings. The molecule has 1 heterocycles. The predicted molar refractivity (Wildman–Crippen MR) is 147 cm³/mol. The maximum atomic E-state index is 6.17. The van der Waals surface area contributed by atoms with Crippen LogP contribution in [0.3, 0.4) is 0 Å². The summed E-state index contributed by atoms with van der Waals surface area (Å²) in [5, 5.41) is 7.63. The number of benzene rings is 4. The quantitative estimate of drug-likeness (QED) is 0.189. The van der Waals surface area contributed by atoms with E-state index in [9.17, 15) is 0 Å². The van der Waals surface area contributed by atoms with Gasteiger partial charge in [-0.2, -0.15) is 5.10 Å². The first-order valence-corrected chi connectivity index (χ1v) is 11.8. The first-order chi connectivity index (χ1) is 17.0. The molecule has 5 rings (SSSR count). The summed E-state index contributed by atoms with van der Waals surface area (Å²) in [7, 11) is 1.95. The SMILES string of the molecule is C/C(=N\N(C)c1ccccc1)c1cc2cc(N(c3ccc(C)cc3)c3ccc(C)cc3)ccc2o1. The van der Waals surface area contributed by atoms with Gasteiger partial charge in [-0.15, -0.1) is 0 Å². The minimum Gasteiger partial charge on any atom is -0.455 e. The fourth-order valence-corrected chi connectivity index (χ4v) is 4.16. The van der Waals surface area contributed by atoms with Gasteiger partial charge < -0.3 is 9.32 Å². The number of aryl methyl sites for hydroxylation is 2. The summed E-state index contributed by atoms with van der Waals surface area (Å²) in [6.07, 6.45) is 0. The average Bonchev–Trinajstić information content (AvgIpc) is 3.31. The maximum Gasteiger partial charge on any atom is 0.151 e. The van der Waals surface area contributed by atoms with Gasteiger partial charge in [0.25, 0.3) is 0 Å². The third kappa shape index (κ3) is 4.82. The van der Waals surface area contributed by atoms with E-state index in [0.717, 1.165) is 45.2 Å². The van der Waals surface area contributed by atoms with Gasteiger partial charge in [0.2, 0.25) is 0 Å². The Kier molecular flexibility index (Phi) is 6.11. The average molecular weight is 460 g/mol. The molecule has 0 aliphatic carbocycles. The van der Waals surface area contributed by atoms with E-state index in [1.807, 2.05) is 55.4 Å². The van der Waals surface area contributed by atoms with Crippen molar-refractivity contribution in [3.05, 3.63) is 120 Å². The lowest BCUT2D eigenvalue weighted by Crippen LogP contribution is -2.11. The standard InChI is InChI=1S/C31H29N3O/c1-22-10-14-27(15-11-22)34(28-16-12-23(2)13-17-28)29-18-19-30-25(20-29)21-31(35-30)24(3)32-33(4)26-8-6-5-7-9-26/h5-21H,1-4H3/b32-24+. The lowest BCUT2D eigenvalue weighted by molar-refractivity contribution is 0.603. The Balaban J connectivity index is 1.52. The van der Waals surface area contributed by atoms with Gasteiger partial charge in [0.05, 0.1) is 5.69 Å². The van der Waals surface area contributed by atoms with Crippen molar-refractivity contribution in [2.24, 2.45) is 5.10 Å². The van der Waals surface area contributed by atoms with Gasteiger partial charge in [0.15, 0.2) is 5.76 Å². The van der Waals surface area contributed by atoms with Gasteiger partial charge >= 0.3 is 0 Å². The van der Waals surface area contributed by atoms with Gasteiger partial charge in [-0.3, -0.25) is 5.01 Å². The van der Waals surface area contributed by atoms with E-state index in [1.165, 1.54) is 11.1 Å². The zero-order chi connectivity index (χ0) is 24.4. The number of hydrazone groups is 1.